The van der Waals surface area contributed by atoms with Gasteiger partial charge in [0.2, 0.25) is 11.1 Å². The molecule has 4 aromatic rings. The Morgan fingerprint density at radius 1 is 1.13 bits per heavy atom. The van der Waals surface area contributed by atoms with Crippen LogP contribution in [0.1, 0.15) is 22.5 Å². The van der Waals surface area contributed by atoms with Crippen LogP contribution in [0.3, 0.4) is 0 Å². The van der Waals surface area contributed by atoms with E-state index in [9.17, 15) is 4.79 Å². The number of rotatable bonds is 6. The molecule has 0 saturated carbocycles. The molecule has 2 aromatic heterocycles. The van der Waals surface area contributed by atoms with Crippen LogP contribution in [0.25, 0.3) is 16.6 Å². The normalized spacial score (nSPS) is 11.2. The van der Waals surface area contributed by atoms with Crippen LogP contribution in [0.4, 0.5) is 0 Å². The molecule has 0 aliphatic rings. The third-order valence-corrected chi connectivity index (χ3v) is 5.69. The van der Waals surface area contributed by atoms with E-state index in [-0.39, 0.29) is 12.3 Å². The smallest absolute Gasteiger partial charge is 0.253 e. The summed E-state index contributed by atoms with van der Waals surface area (Å²) in [4.78, 5) is 21.5. The van der Waals surface area contributed by atoms with E-state index in [1.165, 1.54) is 11.8 Å². The maximum absolute atomic E-state index is 12.6. The highest BCUT2D eigenvalue weighted by atomic mass is 32.2. The van der Waals surface area contributed by atoms with Crippen LogP contribution in [0.15, 0.2) is 41.6 Å². The molecule has 30 heavy (non-hydrogen) atoms. The maximum atomic E-state index is 12.6. The Labute approximate surface area is 178 Å². The summed E-state index contributed by atoms with van der Waals surface area (Å²) in [6.45, 7) is 4.32. The molecule has 0 saturated heterocycles. The standard InChI is InChI=1S/C22H23N5O2S/c1-13-19(14(2)27-21(24-13)25-22(26-27)30-4)11-20(28)23-12-15-5-6-17-10-18(29-3)8-7-16(17)9-15/h5-10H,11-12H2,1-4H3,(H,23,28). The number of aromatic nitrogens is 4. The van der Waals surface area contributed by atoms with Gasteiger partial charge in [-0.25, -0.2) is 9.50 Å². The van der Waals surface area contributed by atoms with Gasteiger partial charge >= 0.3 is 0 Å². The summed E-state index contributed by atoms with van der Waals surface area (Å²) in [5.74, 6) is 1.34. The molecule has 0 atom stereocenters. The lowest BCUT2D eigenvalue weighted by Gasteiger charge is -2.11. The second kappa shape index (κ2) is 8.31. The molecule has 0 aliphatic heterocycles. The predicted octanol–water partition coefficient (Wildman–Crippen LogP) is 3.48. The molecular weight excluding hydrogens is 398 g/mol. The number of carbonyl (C=O) groups is 1. The third-order valence-electron chi connectivity index (χ3n) is 5.15. The van der Waals surface area contributed by atoms with Gasteiger partial charge in [0.05, 0.1) is 13.5 Å². The predicted molar refractivity (Wildman–Crippen MR) is 118 cm³/mol. The lowest BCUT2D eigenvalue weighted by atomic mass is 10.1. The summed E-state index contributed by atoms with van der Waals surface area (Å²) < 4.78 is 6.98. The van der Waals surface area contributed by atoms with Crippen molar-refractivity contribution < 1.29 is 9.53 Å². The van der Waals surface area contributed by atoms with E-state index in [0.29, 0.717) is 17.5 Å². The number of nitrogens with zero attached hydrogens (tertiary/aromatic N) is 4. The molecule has 1 amide bonds. The van der Waals surface area contributed by atoms with Crippen LogP contribution in [0.5, 0.6) is 5.75 Å². The molecule has 0 aliphatic carbocycles. The Hall–Kier alpha value is -3.13. The Morgan fingerprint density at radius 3 is 2.67 bits per heavy atom. The van der Waals surface area contributed by atoms with Crippen molar-refractivity contribution in [2.24, 2.45) is 0 Å². The van der Waals surface area contributed by atoms with Crippen LogP contribution in [0.2, 0.25) is 0 Å². The SMILES string of the molecule is COc1ccc2cc(CNC(=O)Cc3c(C)nc4nc(SC)nn4c3C)ccc2c1. The van der Waals surface area contributed by atoms with Crippen molar-refractivity contribution in [2.75, 3.05) is 13.4 Å². The minimum atomic E-state index is -0.0533. The highest BCUT2D eigenvalue weighted by molar-refractivity contribution is 7.98. The van der Waals surface area contributed by atoms with Crippen LogP contribution in [-0.4, -0.2) is 38.9 Å². The van der Waals surface area contributed by atoms with Gasteiger partial charge in [0, 0.05) is 23.5 Å². The number of fused-ring (bicyclic) bond motifs is 2. The summed E-state index contributed by atoms with van der Waals surface area (Å²) >= 11 is 1.47. The average Bonchev–Trinajstić information content (AvgIpc) is 3.18. The molecule has 0 bridgehead atoms. The molecular formula is C22H23N5O2S. The van der Waals surface area contributed by atoms with Gasteiger partial charge in [-0.05, 0) is 54.6 Å². The van der Waals surface area contributed by atoms with Gasteiger partial charge < -0.3 is 10.1 Å². The second-order valence-electron chi connectivity index (χ2n) is 7.07. The highest BCUT2D eigenvalue weighted by Crippen LogP contribution is 2.22. The fraction of sp³-hybridized carbons (Fsp3) is 0.273. The zero-order valence-electron chi connectivity index (χ0n) is 17.4. The topological polar surface area (TPSA) is 81.4 Å². The summed E-state index contributed by atoms with van der Waals surface area (Å²) in [5.41, 5.74) is 3.61. The number of nitrogens with one attached hydrogen (secondary N) is 1. The second-order valence-corrected chi connectivity index (χ2v) is 7.85. The van der Waals surface area contributed by atoms with Crippen molar-refractivity contribution in [3.05, 3.63) is 58.9 Å². The van der Waals surface area contributed by atoms with Crippen molar-refractivity contribution in [1.29, 1.82) is 0 Å². The summed E-state index contributed by atoms with van der Waals surface area (Å²) in [5, 5.41) is 10.3. The fourth-order valence-electron chi connectivity index (χ4n) is 3.47. The largest absolute Gasteiger partial charge is 0.497 e. The van der Waals surface area contributed by atoms with Crippen molar-refractivity contribution in [3.63, 3.8) is 0 Å². The zero-order chi connectivity index (χ0) is 21.3. The number of methoxy groups -OCH3 is 1. The van der Waals surface area contributed by atoms with Crippen molar-refractivity contribution >= 4 is 34.2 Å². The van der Waals surface area contributed by atoms with E-state index in [2.05, 4.69) is 26.4 Å². The van der Waals surface area contributed by atoms with Crippen LogP contribution >= 0.6 is 11.8 Å². The van der Waals surface area contributed by atoms with E-state index in [1.54, 1.807) is 11.6 Å². The lowest BCUT2D eigenvalue weighted by molar-refractivity contribution is -0.120. The number of hydrogen-bond donors (Lipinski definition) is 1. The molecule has 4 rings (SSSR count). The summed E-state index contributed by atoms with van der Waals surface area (Å²) in [6, 6.07) is 12.1. The fourth-order valence-corrected chi connectivity index (χ4v) is 3.80. The van der Waals surface area contributed by atoms with Crippen LogP contribution in [0, 0.1) is 13.8 Å². The molecule has 1 N–H and O–H groups in total. The monoisotopic (exact) mass is 421 g/mol. The van der Waals surface area contributed by atoms with E-state index in [1.807, 2.05) is 50.4 Å². The molecule has 0 radical (unpaired) electrons. The first-order valence-electron chi connectivity index (χ1n) is 9.58. The molecule has 2 heterocycles. The highest BCUT2D eigenvalue weighted by Gasteiger charge is 2.16. The number of carbonyl (C=O) groups excluding carboxylic acids is 1. The first kappa shape index (κ1) is 20.2. The summed E-state index contributed by atoms with van der Waals surface area (Å²) in [7, 11) is 1.66. The number of benzene rings is 2. The van der Waals surface area contributed by atoms with Crippen molar-refractivity contribution in [2.45, 2.75) is 32.0 Å². The molecule has 0 fully saturated rings. The van der Waals surface area contributed by atoms with Crippen LogP contribution < -0.4 is 10.1 Å². The van der Waals surface area contributed by atoms with E-state index in [0.717, 1.165) is 39.0 Å². The molecule has 154 valence electrons. The van der Waals surface area contributed by atoms with E-state index >= 15 is 0 Å². The minimum absolute atomic E-state index is 0.0533. The molecule has 0 spiro atoms. The first-order chi connectivity index (χ1) is 14.5. The Morgan fingerprint density at radius 2 is 1.90 bits per heavy atom. The Kier molecular flexibility index (Phi) is 5.59. The first-order valence-corrected chi connectivity index (χ1v) is 10.8. The number of thioether (sulfide) groups is 1. The minimum Gasteiger partial charge on any atom is -0.497 e. The van der Waals surface area contributed by atoms with E-state index < -0.39 is 0 Å². The van der Waals surface area contributed by atoms with Crippen LogP contribution in [-0.2, 0) is 17.8 Å². The van der Waals surface area contributed by atoms with Gasteiger partial charge in [-0.2, -0.15) is 4.98 Å². The van der Waals surface area contributed by atoms with Crippen molar-refractivity contribution in [1.82, 2.24) is 24.9 Å². The van der Waals surface area contributed by atoms with Gasteiger partial charge in [-0.15, -0.1) is 5.10 Å². The number of amides is 1. The number of ether oxygens (including phenoxy) is 1. The average molecular weight is 422 g/mol. The van der Waals surface area contributed by atoms with E-state index in [4.69, 9.17) is 4.74 Å². The van der Waals surface area contributed by atoms with Gasteiger partial charge in [-0.3, -0.25) is 4.79 Å². The zero-order valence-corrected chi connectivity index (χ0v) is 18.2. The third kappa shape index (κ3) is 3.95. The lowest BCUT2D eigenvalue weighted by Crippen LogP contribution is -2.25. The van der Waals surface area contributed by atoms with Gasteiger partial charge in [0.25, 0.3) is 5.78 Å². The number of aryl methyl sites for hydroxylation is 2. The van der Waals surface area contributed by atoms with Gasteiger partial charge in [0.1, 0.15) is 5.75 Å². The number of hydrogen-bond acceptors (Lipinski definition) is 6. The molecule has 7 nitrogen and oxygen atoms in total. The summed E-state index contributed by atoms with van der Waals surface area (Å²) in [6.07, 6.45) is 2.18. The molecule has 8 heteroatoms. The Bertz CT molecular complexity index is 1250. The maximum Gasteiger partial charge on any atom is 0.253 e. The Balaban J connectivity index is 1.48. The van der Waals surface area contributed by atoms with Gasteiger partial charge in [0.15, 0.2) is 0 Å². The van der Waals surface area contributed by atoms with Crippen molar-refractivity contribution in [3.8, 4) is 5.75 Å². The molecule has 0 unspecified atom stereocenters. The quantitative estimate of drug-likeness (QED) is 0.480. The molecule has 2 aromatic carbocycles. The van der Waals surface area contributed by atoms with Gasteiger partial charge in [-0.1, -0.05) is 30.0 Å².